The largest absolute Gasteiger partial charge is 0.468 e. The predicted octanol–water partition coefficient (Wildman–Crippen LogP) is 2.26. The molecule has 0 spiro atoms. The van der Waals surface area contributed by atoms with Crippen LogP contribution in [0, 0.1) is 0 Å². The highest BCUT2D eigenvalue weighted by Crippen LogP contribution is 2.26. The number of halogens is 1. The van der Waals surface area contributed by atoms with Crippen LogP contribution in [0.5, 0.6) is 0 Å². The molecule has 0 aliphatic carbocycles. The van der Waals surface area contributed by atoms with E-state index in [0.29, 0.717) is 0 Å². The monoisotopic (exact) mass is 253 g/mol. The third-order valence-corrected chi connectivity index (χ3v) is 3.68. The Hall–Kier alpha value is -1.06. The maximum Gasteiger partial charge on any atom is 0.322 e. The van der Waals surface area contributed by atoms with Gasteiger partial charge in [-0.2, -0.15) is 0 Å². The van der Waals surface area contributed by atoms with Gasteiger partial charge in [-0.15, -0.1) is 0 Å². The second kappa shape index (κ2) is 5.07. The van der Waals surface area contributed by atoms with Crippen LogP contribution in [0.1, 0.15) is 18.1 Å². The lowest BCUT2D eigenvalue weighted by molar-refractivity contribution is -0.146. The van der Waals surface area contributed by atoms with Crippen LogP contribution in [0.4, 0.5) is 0 Å². The molecule has 1 aliphatic rings. The standard InChI is InChI=1S/C13H16ClNO2/c1-9(13(16)17-2)15-7-6-11-10(8-15)4-3-5-12(11)14/h3-5,9H,6-8H2,1-2H3. The molecule has 1 heterocycles. The van der Waals surface area contributed by atoms with E-state index < -0.39 is 0 Å². The van der Waals surface area contributed by atoms with Crippen molar-refractivity contribution in [1.29, 1.82) is 0 Å². The average Bonchev–Trinajstić information content (AvgIpc) is 2.37. The summed E-state index contributed by atoms with van der Waals surface area (Å²) in [6.07, 6.45) is 0.885. The maximum atomic E-state index is 11.5. The van der Waals surface area contributed by atoms with Crippen molar-refractivity contribution >= 4 is 17.6 Å². The Morgan fingerprint density at radius 3 is 3.00 bits per heavy atom. The summed E-state index contributed by atoms with van der Waals surface area (Å²) in [6, 6.07) is 5.73. The number of benzene rings is 1. The molecule has 3 nitrogen and oxygen atoms in total. The molecular formula is C13H16ClNO2. The van der Waals surface area contributed by atoms with Crippen LogP contribution in [0.25, 0.3) is 0 Å². The smallest absolute Gasteiger partial charge is 0.322 e. The highest BCUT2D eigenvalue weighted by atomic mass is 35.5. The second-order valence-electron chi connectivity index (χ2n) is 4.30. The van der Waals surface area contributed by atoms with Gasteiger partial charge in [-0.3, -0.25) is 9.69 Å². The number of ether oxygens (including phenoxy) is 1. The first-order valence-electron chi connectivity index (χ1n) is 5.71. The summed E-state index contributed by atoms with van der Waals surface area (Å²) in [4.78, 5) is 13.6. The Bertz CT molecular complexity index is 433. The zero-order chi connectivity index (χ0) is 12.4. The lowest BCUT2D eigenvalue weighted by Crippen LogP contribution is -2.42. The second-order valence-corrected chi connectivity index (χ2v) is 4.70. The molecule has 4 heteroatoms. The fourth-order valence-corrected chi connectivity index (χ4v) is 2.52. The maximum absolute atomic E-state index is 11.5. The lowest BCUT2D eigenvalue weighted by atomic mass is 9.98. The van der Waals surface area contributed by atoms with E-state index in [1.165, 1.54) is 18.2 Å². The Morgan fingerprint density at radius 1 is 1.53 bits per heavy atom. The Labute approximate surface area is 106 Å². The molecule has 0 bridgehead atoms. The molecule has 0 N–H and O–H groups in total. The SMILES string of the molecule is COC(=O)C(C)N1CCc2c(Cl)cccc2C1. The van der Waals surface area contributed by atoms with Gasteiger partial charge in [0.15, 0.2) is 0 Å². The molecule has 1 unspecified atom stereocenters. The number of carbonyl (C=O) groups is 1. The van der Waals surface area contributed by atoms with Crippen molar-refractivity contribution in [2.45, 2.75) is 25.9 Å². The number of nitrogens with zero attached hydrogens (tertiary/aromatic N) is 1. The minimum absolute atomic E-state index is 0.185. The first-order valence-corrected chi connectivity index (χ1v) is 6.09. The number of hydrogen-bond donors (Lipinski definition) is 0. The minimum Gasteiger partial charge on any atom is -0.468 e. The van der Waals surface area contributed by atoms with Gasteiger partial charge in [-0.25, -0.2) is 0 Å². The van der Waals surface area contributed by atoms with E-state index in [2.05, 4.69) is 11.0 Å². The molecule has 1 aromatic rings. The highest BCUT2D eigenvalue weighted by molar-refractivity contribution is 6.31. The number of fused-ring (bicyclic) bond motifs is 1. The van der Waals surface area contributed by atoms with E-state index in [1.807, 2.05) is 19.1 Å². The van der Waals surface area contributed by atoms with Crippen molar-refractivity contribution in [3.05, 3.63) is 34.3 Å². The number of rotatable bonds is 2. The van der Waals surface area contributed by atoms with Gasteiger partial charge < -0.3 is 4.74 Å². The molecule has 1 aromatic carbocycles. The summed E-state index contributed by atoms with van der Waals surface area (Å²) in [5, 5.41) is 0.827. The molecule has 17 heavy (non-hydrogen) atoms. The van der Waals surface area contributed by atoms with E-state index in [4.69, 9.17) is 16.3 Å². The summed E-state index contributed by atoms with van der Waals surface area (Å²) in [6.45, 7) is 3.47. The zero-order valence-corrected chi connectivity index (χ0v) is 10.8. The third kappa shape index (κ3) is 2.45. The number of methoxy groups -OCH3 is 1. The molecule has 2 rings (SSSR count). The van der Waals surface area contributed by atoms with Crippen molar-refractivity contribution in [3.8, 4) is 0 Å². The molecular weight excluding hydrogens is 238 g/mol. The third-order valence-electron chi connectivity index (χ3n) is 3.33. The van der Waals surface area contributed by atoms with Crippen LogP contribution < -0.4 is 0 Å². The summed E-state index contributed by atoms with van der Waals surface area (Å²) < 4.78 is 4.77. The molecule has 0 amide bonds. The summed E-state index contributed by atoms with van der Waals surface area (Å²) in [5.74, 6) is -0.185. The number of carbonyl (C=O) groups excluding carboxylic acids is 1. The summed E-state index contributed by atoms with van der Waals surface area (Å²) >= 11 is 6.15. The van der Waals surface area contributed by atoms with Gasteiger partial charge in [0, 0.05) is 18.1 Å². The predicted molar refractivity (Wildman–Crippen MR) is 67.0 cm³/mol. The van der Waals surface area contributed by atoms with Crippen LogP contribution in [0.3, 0.4) is 0 Å². The van der Waals surface area contributed by atoms with Gasteiger partial charge in [0.05, 0.1) is 7.11 Å². The van der Waals surface area contributed by atoms with Crippen LogP contribution in [0.15, 0.2) is 18.2 Å². The fourth-order valence-electron chi connectivity index (χ4n) is 2.23. The van der Waals surface area contributed by atoms with Gasteiger partial charge >= 0.3 is 5.97 Å². The molecule has 1 aliphatic heterocycles. The van der Waals surface area contributed by atoms with Crippen molar-refractivity contribution in [2.24, 2.45) is 0 Å². The van der Waals surface area contributed by atoms with Gasteiger partial charge in [0.1, 0.15) is 6.04 Å². The molecule has 92 valence electrons. The van der Waals surface area contributed by atoms with Crippen molar-refractivity contribution < 1.29 is 9.53 Å². The summed E-state index contributed by atoms with van der Waals surface area (Å²) in [7, 11) is 1.42. The van der Waals surface area contributed by atoms with E-state index >= 15 is 0 Å². The van der Waals surface area contributed by atoms with E-state index in [0.717, 1.165) is 24.5 Å². The molecule has 0 aromatic heterocycles. The van der Waals surface area contributed by atoms with Gasteiger partial charge in [0.2, 0.25) is 0 Å². The van der Waals surface area contributed by atoms with Crippen molar-refractivity contribution in [1.82, 2.24) is 4.90 Å². The van der Waals surface area contributed by atoms with Crippen LogP contribution >= 0.6 is 11.6 Å². The van der Waals surface area contributed by atoms with Crippen LogP contribution in [-0.2, 0) is 22.5 Å². The fraction of sp³-hybridized carbons (Fsp3) is 0.462. The number of hydrogen-bond acceptors (Lipinski definition) is 3. The van der Waals surface area contributed by atoms with Gasteiger partial charge in [-0.05, 0) is 30.5 Å². The zero-order valence-electron chi connectivity index (χ0n) is 10.1. The van der Waals surface area contributed by atoms with Crippen molar-refractivity contribution in [2.75, 3.05) is 13.7 Å². The van der Waals surface area contributed by atoms with Gasteiger partial charge in [0.25, 0.3) is 0 Å². The van der Waals surface area contributed by atoms with Gasteiger partial charge in [-0.1, -0.05) is 23.7 Å². The topological polar surface area (TPSA) is 29.5 Å². The molecule has 1 atom stereocenters. The van der Waals surface area contributed by atoms with Crippen LogP contribution in [0.2, 0.25) is 5.02 Å². The van der Waals surface area contributed by atoms with Crippen LogP contribution in [-0.4, -0.2) is 30.6 Å². The first-order chi connectivity index (χ1) is 8.13. The van der Waals surface area contributed by atoms with E-state index in [1.54, 1.807) is 0 Å². The number of esters is 1. The Kier molecular flexibility index (Phi) is 3.69. The van der Waals surface area contributed by atoms with E-state index in [-0.39, 0.29) is 12.0 Å². The van der Waals surface area contributed by atoms with E-state index in [9.17, 15) is 4.79 Å². The molecule has 0 saturated carbocycles. The average molecular weight is 254 g/mol. The Morgan fingerprint density at radius 2 is 2.29 bits per heavy atom. The normalized spacial score (nSPS) is 17.4. The summed E-state index contributed by atoms with van der Waals surface area (Å²) in [5.41, 5.74) is 2.42. The molecule has 0 saturated heterocycles. The first kappa shape index (κ1) is 12.4. The minimum atomic E-state index is -0.202. The molecule has 0 radical (unpaired) electrons. The lowest BCUT2D eigenvalue weighted by Gasteiger charge is -2.32. The quantitative estimate of drug-likeness (QED) is 0.758. The highest BCUT2D eigenvalue weighted by Gasteiger charge is 2.26. The Balaban J connectivity index is 2.16. The molecule has 0 fully saturated rings. The van der Waals surface area contributed by atoms with Crippen molar-refractivity contribution in [3.63, 3.8) is 0 Å².